The Hall–Kier alpha value is -0.750. The van der Waals surface area contributed by atoms with E-state index in [0.717, 1.165) is 56.3 Å². The van der Waals surface area contributed by atoms with Gasteiger partial charge in [0.05, 0.1) is 6.04 Å². The molecule has 0 radical (unpaired) electrons. The summed E-state index contributed by atoms with van der Waals surface area (Å²) in [6.07, 6.45) is 4.72. The molecule has 0 saturated carbocycles. The molecule has 3 nitrogen and oxygen atoms in total. The zero-order valence-electron chi connectivity index (χ0n) is 11.9. The third-order valence-electron chi connectivity index (χ3n) is 3.87. The first-order chi connectivity index (χ1) is 9.65. The summed E-state index contributed by atoms with van der Waals surface area (Å²) in [5, 5.41) is 7.89. The van der Waals surface area contributed by atoms with Crippen LogP contribution in [0, 0.1) is 8.98 Å². The molecule has 1 aliphatic rings. The largest absolute Gasteiger partial charge is 0.310 e. The van der Waals surface area contributed by atoms with Gasteiger partial charge in [-0.2, -0.15) is 0 Å². The van der Waals surface area contributed by atoms with Crippen molar-refractivity contribution < 1.29 is 4.79 Å². The first-order valence-electron chi connectivity index (χ1n) is 7.19. The van der Waals surface area contributed by atoms with Crippen LogP contribution < -0.4 is 0 Å². The van der Waals surface area contributed by atoms with Gasteiger partial charge < -0.3 is 10.2 Å². The molecule has 0 aromatic heterocycles. The van der Waals surface area contributed by atoms with Gasteiger partial charge in [-0.3, -0.25) is 4.90 Å². The lowest BCUT2D eigenvalue weighted by atomic mass is 9.93. The van der Waals surface area contributed by atoms with Crippen molar-refractivity contribution in [2.75, 3.05) is 13.1 Å². The summed E-state index contributed by atoms with van der Waals surface area (Å²) < 4.78 is 1.23. The normalized spacial score (nSPS) is 18.6. The van der Waals surface area contributed by atoms with E-state index >= 15 is 0 Å². The molecular formula is C16H21IN2O. The smallest absolute Gasteiger partial charge is 0.141 e. The minimum atomic E-state index is -0.134. The molecule has 0 aliphatic carbocycles. The maximum atomic E-state index is 11.5. The van der Waals surface area contributed by atoms with Gasteiger partial charge in [0.15, 0.2) is 0 Å². The summed E-state index contributed by atoms with van der Waals surface area (Å²) in [6, 6.07) is 6.20. The molecular weight excluding hydrogens is 363 g/mol. The third kappa shape index (κ3) is 3.67. The molecule has 0 fully saturated rings. The van der Waals surface area contributed by atoms with E-state index < -0.39 is 0 Å². The van der Waals surface area contributed by atoms with Crippen molar-refractivity contribution in [3.05, 3.63) is 32.9 Å². The van der Waals surface area contributed by atoms with Crippen molar-refractivity contribution in [1.29, 1.82) is 5.41 Å². The van der Waals surface area contributed by atoms with Gasteiger partial charge in [0.2, 0.25) is 0 Å². The van der Waals surface area contributed by atoms with Crippen molar-refractivity contribution in [3.8, 4) is 0 Å². The van der Waals surface area contributed by atoms with Crippen LogP contribution in [-0.2, 0) is 11.2 Å². The molecule has 108 valence electrons. The number of aldehydes is 1. The van der Waals surface area contributed by atoms with Gasteiger partial charge in [0.25, 0.3) is 0 Å². The molecule has 0 spiro atoms. The summed E-state index contributed by atoms with van der Waals surface area (Å²) >= 11 is 2.31. The Kier molecular flexibility index (Phi) is 5.72. The number of nitrogens with zero attached hydrogens (tertiary/aromatic N) is 1. The van der Waals surface area contributed by atoms with Crippen LogP contribution in [0.5, 0.6) is 0 Å². The summed E-state index contributed by atoms with van der Waals surface area (Å²) in [5.41, 5.74) is 3.24. The fraction of sp³-hybridized carbons (Fsp3) is 0.500. The topological polar surface area (TPSA) is 44.2 Å². The van der Waals surface area contributed by atoms with E-state index in [-0.39, 0.29) is 6.04 Å². The monoisotopic (exact) mass is 384 g/mol. The van der Waals surface area contributed by atoms with E-state index in [2.05, 4.69) is 52.6 Å². The maximum Gasteiger partial charge on any atom is 0.141 e. The number of carbonyl (C=O) groups is 1. The highest BCUT2D eigenvalue weighted by molar-refractivity contribution is 14.1. The first-order valence-corrected chi connectivity index (χ1v) is 8.27. The summed E-state index contributed by atoms with van der Waals surface area (Å²) in [4.78, 5) is 13.7. The van der Waals surface area contributed by atoms with E-state index in [1.807, 2.05) is 0 Å². The second kappa shape index (κ2) is 7.31. The highest BCUT2D eigenvalue weighted by Crippen LogP contribution is 2.29. The van der Waals surface area contributed by atoms with Gasteiger partial charge in [0.1, 0.15) is 6.29 Å². The van der Waals surface area contributed by atoms with Crippen molar-refractivity contribution in [3.63, 3.8) is 0 Å². The molecule has 1 aliphatic heterocycles. The Labute approximate surface area is 134 Å². The minimum Gasteiger partial charge on any atom is -0.310 e. The molecule has 1 N–H and O–H groups in total. The van der Waals surface area contributed by atoms with Crippen LogP contribution in [0.25, 0.3) is 0 Å². The van der Waals surface area contributed by atoms with E-state index in [9.17, 15) is 4.79 Å². The predicted octanol–water partition coefficient (Wildman–Crippen LogP) is 3.60. The van der Waals surface area contributed by atoms with Gasteiger partial charge in [-0.15, -0.1) is 0 Å². The Morgan fingerprint density at radius 2 is 2.30 bits per heavy atom. The fourth-order valence-corrected chi connectivity index (χ4v) is 3.35. The van der Waals surface area contributed by atoms with Crippen LogP contribution >= 0.6 is 22.6 Å². The van der Waals surface area contributed by atoms with Gasteiger partial charge in [-0.1, -0.05) is 19.4 Å². The second-order valence-corrected chi connectivity index (χ2v) is 6.56. The van der Waals surface area contributed by atoms with Gasteiger partial charge in [-0.25, -0.2) is 0 Å². The Bertz CT molecular complexity index is 501. The minimum absolute atomic E-state index is 0.134. The zero-order valence-corrected chi connectivity index (χ0v) is 14.0. The van der Waals surface area contributed by atoms with Crippen molar-refractivity contribution in [1.82, 2.24) is 4.90 Å². The predicted molar refractivity (Wildman–Crippen MR) is 90.5 cm³/mol. The number of carbonyl (C=O) groups excluding carboxylic acids is 1. The Morgan fingerprint density at radius 3 is 3.00 bits per heavy atom. The van der Waals surface area contributed by atoms with Crippen LogP contribution in [0.2, 0.25) is 0 Å². The number of benzene rings is 1. The van der Waals surface area contributed by atoms with Gasteiger partial charge in [-0.05, 0) is 65.1 Å². The highest BCUT2D eigenvalue weighted by Gasteiger charge is 2.26. The Balaban J connectivity index is 2.07. The molecule has 0 amide bonds. The van der Waals surface area contributed by atoms with Crippen LogP contribution in [0.1, 0.15) is 43.4 Å². The quantitative estimate of drug-likeness (QED) is 0.463. The van der Waals surface area contributed by atoms with Crippen LogP contribution in [0.4, 0.5) is 0 Å². The highest BCUT2D eigenvalue weighted by atomic mass is 127. The molecule has 1 heterocycles. The number of nitrogens with one attached hydrogen (secondary N) is 1. The van der Waals surface area contributed by atoms with E-state index in [0.29, 0.717) is 0 Å². The lowest BCUT2D eigenvalue weighted by molar-refractivity contribution is -0.112. The molecule has 2 rings (SSSR count). The van der Waals surface area contributed by atoms with Crippen LogP contribution in [0.15, 0.2) is 18.2 Å². The number of halogens is 1. The number of fused-ring (bicyclic) bond motifs is 1. The lowest BCUT2D eigenvalue weighted by Crippen LogP contribution is -2.37. The fourth-order valence-electron chi connectivity index (χ4n) is 2.79. The molecule has 1 unspecified atom stereocenters. The standard InChI is InChI=1S/C16H21IN2O/c1-2-3-14(18)7-9-19-8-6-12-10-13(17)4-5-15(12)16(19)11-20/h4-5,10-11,16,18H,2-3,6-9H2,1H3. The third-order valence-corrected chi connectivity index (χ3v) is 4.54. The summed E-state index contributed by atoms with van der Waals surface area (Å²) in [7, 11) is 0. The molecule has 1 aromatic carbocycles. The first kappa shape index (κ1) is 15.6. The summed E-state index contributed by atoms with van der Waals surface area (Å²) in [6.45, 7) is 3.82. The molecule has 1 aromatic rings. The lowest BCUT2D eigenvalue weighted by Gasteiger charge is -2.34. The van der Waals surface area contributed by atoms with Gasteiger partial charge in [0, 0.05) is 22.4 Å². The Morgan fingerprint density at radius 1 is 1.50 bits per heavy atom. The van der Waals surface area contributed by atoms with Crippen molar-refractivity contribution in [2.45, 2.75) is 38.6 Å². The molecule has 20 heavy (non-hydrogen) atoms. The van der Waals surface area contributed by atoms with E-state index in [4.69, 9.17) is 5.41 Å². The van der Waals surface area contributed by atoms with Crippen molar-refractivity contribution >= 4 is 34.6 Å². The molecule has 0 saturated heterocycles. The zero-order chi connectivity index (χ0) is 14.5. The number of rotatable bonds is 6. The molecule has 0 bridgehead atoms. The average Bonchev–Trinajstić information content (AvgIpc) is 2.44. The van der Waals surface area contributed by atoms with E-state index in [1.54, 1.807) is 0 Å². The maximum absolute atomic E-state index is 11.5. The van der Waals surface area contributed by atoms with Crippen molar-refractivity contribution in [2.24, 2.45) is 0 Å². The number of hydrogen-bond acceptors (Lipinski definition) is 3. The second-order valence-electron chi connectivity index (χ2n) is 5.31. The van der Waals surface area contributed by atoms with Crippen LogP contribution in [-0.4, -0.2) is 30.0 Å². The van der Waals surface area contributed by atoms with Gasteiger partial charge >= 0.3 is 0 Å². The van der Waals surface area contributed by atoms with E-state index in [1.165, 1.54) is 9.13 Å². The number of hydrogen-bond donors (Lipinski definition) is 1. The SMILES string of the molecule is CCCC(=N)CCN1CCc2cc(I)ccc2C1C=O. The van der Waals surface area contributed by atoms with Crippen LogP contribution in [0.3, 0.4) is 0 Å². The summed E-state index contributed by atoms with van der Waals surface area (Å²) in [5.74, 6) is 0. The molecule has 4 heteroatoms. The average molecular weight is 384 g/mol. The molecule has 1 atom stereocenters.